The van der Waals surface area contributed by atoms with Crippen LogP contribution in [0.25, 0.3) is 11.3 Å². The number of carbonyl (C=O) groups excluding carboxylic acids is 1. The molecule has 8 heteroatoms. The van der Waals surface area contributed by atoms with E-state index >= 15 is 0 Å². The van der Waals surface area contributed by atoms with Crippen LogP contribution in [0.15, 0.2) is 42.7 Å². The van der Waals surface area contributed by atoms with Crippen molar-refractivity contribution in [3.8, 4) is 11.3 Å². The number of esters is 1. The monoisotopic (exact) mass is 365 g/mol. The largest absolute Gasteiger partial charge is 0.457 e. The van der Waals surface area contributed by atoms with Crippen LogP contribution in [-0.2, 0) is 11.3 Å². The van der Waals surface area contributed by atoms with Crippen molar-refractivity contribution >= 4 is 40.7 Å². The third-order valence-electron chi connectivity index (χ3n) is 2.96. The second-order valence-corrected chi connectivity index (χ2v) is 6.09. The van der Waals surface area contributed by atoms with E-state index in [0.29, 0.717) is 26.2 Å². The molecule has 0 unspecified atom stereocenters. The zero-order valence-electron chi connectivity index (χ0n) is 11.6. The van der Waals surface area contributed by atoms with Gasteiger partial charge in [0.05, 0.1) is 10.0 Å². The lowest BCUT2D eigenvalue weighted by molar-refractivity contribution is 0.0479. The van der Waals surface area contributed by atoms with Gasteiger partial charge in [0.15, 0.2) is 4.88 Å². The zero-order valence-corrected chi connectivity index (χ0v) is 13.9. The van der Waals surface area contributed by atoms with Crippen LogP contribution in [-0.4, -0.2) is 20.5 Å². The lowest BCUT2D eigenvalue weighted by atomic mass is 10.2. The van der Waals surface area contributed by atoms with Gasteiger partial charge in [0.1, 0.15) is 12.3 Å². The van der Waals surface area contributed by atoms with Crippen LogP contribution in [0.2, 0.25) is 10.0 Å². The second-order valence-electron chi connectivity index (χ2n) is 4.52. The van der Waals surface area contributed by atoms with Crippen molar-refractivity contribution in [1.82, 2.24) is 14.6 Å². The quantitative estimate of drug-likeness (QED) is 0.646. The summed E-state index contributed by atoms with van der Waals surface area (Å²) in [4.78, 5) is 16.6. The smallest absolute Gasteiger partial charge is 0.352 e. The highest BCUT2D eigenvalue weighted by Crippen LogP contribution is 2.25. The van der Waals surface area contributed by atoms with E-state index in [2.05, 4.69) is 14.6 Å². The van der Waals surface area contributed by atoms with Gasteiger partial charge >= 0.3 is 5.97 Å². The first-order chi connectivity index (χ1) is 11.1. The maximum Gasteiger partial charge on any atom is 0.352 e. The second kappa shape index (κ2) is 7.04. The Morgan fingerprint density at radius 1 is 1.22 bits per heavy atom. The molecule has 0 atom stereocenters. The van der Waals surface area contributed by atoms with Crippen molar-refractivity contribution in [2.24, 2.45) is 0 Å². The predicted molar refractivity (Wildman–Crippen MR) is 88.7 cm³/mol. The number of halogens is 2. The molecular formula is C15H9Cl2N3O2S. The Balaban J connectivity index is 1.74. The fourth-order valence-electron chi connectivity index (χ4n) is 1.86. The summed E-state index contributed by atoms with van der Waals surface area (Å²) in [7, 11) is 0. The van der Waals surface area contributed by atoms with Crippen LogP contribution in [0.5, 0.6) is 0 Å². The van der Waals surface area contributed by atoms with Gasteiger partial charge in [-0.2, -0.15) is 0 Å². The van der Waals surface area contributed by atoms with Gasteiger partial charge in [0.2, 0.25) is 0 Å². The molecule has 0 bridgehead atoms. The third-order valence-corrected chi connectivity index (χ3v) is 4.41. The Bertz CT molecular complexity index is 840. The van der Waals surface area contributed by atoms with Crippen molar-refractivity contribution in [3.63, 3.8) is 0 Å². The van der Waals surface area contributed by atoms with Gasteiger partial charge in [0.25, 0.3) is 0 Å². The summed E-state index contributed by atoms with van der Waals surface area (Å²) in [6, 6.07) is 8.62. The molecule has 0 aliphatic carbocycles. The van der Waals surface area contributed by atoms with E-state index in [1.54, 1.807) is 42.7 Å². The summed E-state index contributed by atoms with van der Waals surface area (Å²) in [6.45, 7) is 0.0834. The molecule has 3 aromatic rings. The van der Waals surface area contributed by atoms with Gasteiger partial charge in [0, 0.05) is 18.0 Å². The van der Waals surface area contributed by atoms with Crippen LogP contribution in [0.4, 0.5) is 0 Å². The highest BCUT2D eigenvalue weighted by Gasteiger charge is 2.19. The summed E-state index contributed by atoms with van der Waals surface area (Å²) >= 11 is 12.8. The number of nitrogens with zero attached hydrogens (tertiary/aromatic N) is 3. The molecule has 0 radical (unpaired) electrons. The van der Waals surface area contributed by atoms with Crippen LogP contribution in [0, 0.1) is 0 Å². The SMILES string of the molecule is O=C(OCc1ccc(Cl)c(Cl)c1)c1snnc1-c1cccnc1. The fraction of sp³-hybridized carbons (Fsp3) is 0.0667. The summed E-state index contributed by atoms with van der Waals surface area (Å²) < 4.78 is 9.12. The summed E-state index contributed by atoms with van der Waals surface area (Å²) in [6.07, 6.45) is 3.26. The zero-order chi connectivity index (χ0) is 16.2. The Morgan fingerprint density at radius 3 is 2.83 bits per heavy atom. The van der Waals surface area contributed by atoms with E-state index < -0.39 is 5.97 Å². The summed E-state index contributed by atoms with van der Waals surface area (Å²) in [5.41, 5.74) is 1.91. The minimum Gasteiger partial charge on any atom is -0.457 e. The van der Waals surface area contributed by atoms with E-state index in [0.717, 1.165) is 17.1 Å². The average molecular weight is 366 g/mol. The first-order valence-corrected chi connectivity index (χ1v) is 8.02. The maximum absolute atomic E-state index is 12.3. The molecule has 0 saturated carbocycles. The number of aromatic nitrogens is 3. The highest BCUT2D eigenvalue weighted by molar-refractivity contribution is 7.08. The molecule has 0 aliphatic rings. The van der Waals surface area contributed by atoms with Crippen molar-refractivity contribution in [3.05, 3.63) is 63.2 Å². The molecule has 2 aromatic heterocycles. The predicted octanol–water partition coefficient (Wildman–Crippen LogP) is 4.26. The Kier molecular flexibility index (Phi) is 4.85. The molecule has 2 heterocycles. The minimum absolute atomic E-state index is 0.0834. The third kappa shape index (κ3) is 3.67. The van der Waals surface area contributed by atoms with Crippen molar-refractivity contribution in [1.29, 1.82) is 0 Å². The van der Waals surface area contributed by atoms with Crippen molar-refractivity contribution < 1.29 is 9.53 Å². The normalized spacial score (nSPS) is 10.5. The molecule has 1 aromatic carbocycles. The number of pyridine rings is 1. The van der Waals surface area contributed by atoms with E-state index in [9.17, 15) is 4.79 Å². The molecule has 3 rings (SSSR count). The van der Waals surface area contributed by atoms with Gasteiger partial charge in [-0.3, -0.25) is 4.98 Å². The molecule has 0 N–H and O–H groups in total. The Morgan fingerprint density at radius 2 is 2.09 bits per heavy atom. The van der Waals surface area contributed by atoms with E-state index in [1.165, 1.54) is 0 Å². The summed E-state index contributed by atoms with van der Waals surface area (Å²) in [5.74, 6) is -0.495. The van der Waals surface area contributed by atoms with Gasteiger partial charge in [-0.25, -0.2) is 4.79 Å². The van der Waals surface area contributed by atoms with Crippen LogP contribution < -0.4 is 0 Å². The number of rotatable bonds is 4. The standard InChI is InChI=1S/C15H9Cl2N3O2S/c16-11-4-3-9(6-12(11)17)8-22-15(21)14-13(19-20-23-14)10-2-1-5-18-7-10/h1-7H,8H2. The number of ether oxygens (including phenoxy) is 1. The fourth-order valence-corrected chi connectivity index (χ4v) is 2.76. The number of hydrogen-bond donors (Lipinski definition) is 0. The molecule has 5 nitrogen and oxygen atoms in total. The van der Waals surface area contributed by atoms with Gasteiger partial charge in [-0.05, 0) is 41.4 Å². The van der Waals surface area contributed by atoms with Gasteiger partial charge in [-0.15, -0.1) is 5.10 Å². The lowest BCUT2D eigenvalue weighted by Gasteiger charge is -2.05. The van der Waals surface area contributed by atoms with Crippen LogP contribution >= 0.6 is 34.7 Å². The molecule has 0 amide bonds. The Labute approximate surface area is 146 Å². The average Bonchev–Trinajstić information content (AvgIpc) is 3.06. The molecule has 0 aliphatic heterocycles. The van der Waals surface area contributed by atoms with E-state index in [1.807, 2.05) is 0 Å². The summed E-state index contributed by atoms with van der Waals surface area (Å²) in [5, 5.41) is 4.84. The first-order valence-electron chi connectivity index (χ1n) is 6.49. The van der Waals surface area contributed by atoms with Crippen LogP contribution in [0.1, 0.15) is 15.2 Å². The molecule has 0 spiro atoms. The van der Waals surface area contributed by atoms with Crippen molar-refractivity contribution in [2.75, 3.05) is 0 Å². The number of carbonyl (C=O) groups is 1. The highest BCUT2D eigenvalue weighted by atomic mass is 35.5. The molecular weight excluding hydrogens is 357 g/mol. The number of benzene rings is 1. The van der Waals surface area contributed by atoms with Crippen LogP contribution in [0.3, 0.4) is 0 Å². The van der Waals surface area contributed by atoms with E-state index in [-0.39, 0.29) is 6.61 Å². The lowest BCUT2D eigenvalue weighted by Crippen LogP contribution is -2.05. The Hall–Kier alpha value is -2.02. The van der Waals surface area contributed by atoms with Gasteiger partial charge in [-0.1, -0.05) is 33.8 Å². The first kappa shape index (κ1) is 15.9. The molecule has 0 fully saturated rings. The maximum atomic E-state index is 12.3. The minimum atomic E-state index is -0.495. The molecule has 116 valence electrons. The van der Waals surface area contributed by atoms with E-state index in [4.69, 9.17) is 27.9 Å². The van der Waals surface area contributed by atoms with Gasteiger partial charge < -0.3 is 4.74 Å². The molecule has 23 heavy (non-hydrogen) atoms. The molecule has 0 saturated heterocycles. The topological polar surface area (TPSA) is 65.0 Å². The van der Waals surface area contributed by atoms with Crippen molar-refractivity contribution in [2.45, 2.75) is 6.61 Å². The number of hydrogen-bond acceptors (Lipinski definition) is 6.